The highest BCUT2D eigenvalue weighted by atomic mass is 35.5. The van der Waals surface area contributed by atoms with E-state index in [2.05, 4.69) is 5.32 Å². The third-order valence-electron chi connectivity index (χ3n) is 3.56. The average molecular weight is 403 g/mol. The van der Waals surface area contributed by atoms with Gasteiger partial charge in [-0.05, 0) is 41.5 Å². The molecular weight excluding hydrogens is 388 g/mol. The summed E-state index contributed by atoms with van der Waals surface area (Å²) in [6, 6.07) is 14.2. The first kappa shape index (κ1) is 18.5. The first-order valence-corrected chi connectivity index (χ1v) is 9.38. The summed E-state index contributed by atoms with van der Waals surface area (Å²) in [6.45, 7) is -0.129. The molecule has 0 aliphatic heterocycles. The minimum atomic E-state index is -0.195. The normalized spacial score (nSPS) is 11.8. The van der Waals surface area contributed by atoms with Crippen molar-refractivity contribution in [3.05, 3.63) is 81.8 Å². The molecule has 0 saturated carbocycles. The molecule has 26 heavy (non-hydrogen) atoms. The molecule has 0 aliphatic carbocycles. The maximum absolute atomic E-state index is 13.0. The molecule has 0 atom stereocenters. The van der Waals surface area contributed by atoms with Crippen LogP contribution >= 0.6 is 35.2 Å². The van der Waals surface area contributed by atoms with Crippen LogP contribution in [0.25, 0.3) is 11.5 Å². The molecule has 1 aromatic carbocycles. The molecule has 0 bridgehead atoms. The number of hydrogen-bond acceptors (Lipinski definition) is 4. The third kappa shape index (κ3) is 4.28. The second kappa shape index (κ2) is 8.42. The van der Waals surface area contributed by atoms with E-state index in [1.807, 2.05) is 17.5 Å². The van der Waals surface area contributed by atoms with Crippen LogP contribution < -0.4 is 15.0 Å². The van der Waals surface area contributed by atoms with Crippen LogP contribution in [0.4, 0.5) is 5.69 Å². The van der Waals surface area contributed by atoms with Gasteiger partial charge in [0.1, 0.15) is 0 Å². The lowest BCUT2D eigenvalue weighted by atomic mass is 10.2. The van der Waals surface area contributed by atoms with Gasteiger partial charge in [-0.2, -0.15) is 4.57 Å². The van der Waals surface area contributed by atoms with Gasteiger partial charge in [-0.1, -0.05) is 36.0 Å². The Morgan fingerprint density at radius 3 is 2.77 bits per heavy atom. The first-order valence-electron chi connectivity index (χ1n) is 7.72. The topological polar surface area (TPSA) is 59.2 Å². The van der Waals surface area contributed by atoms with Crippen LogP contribution in [0.15, 0.2) is 66.3 Å². The maximum Gasteiger partial charge on any atom is 0.239 e. The number of benzene rings is 1. The summed E-state index contributed by atoms with van der Waals surface area (Å²) in [5.74, 6) is -0.195. The number of anilines is 1. The van der Waals surface area contributed by atoms with Gasteiger partial charge < -0.3 is 15.5 Å². The van der Waals surface area contributed by atoms with E-state index < -0.39 is 0 Å². The van der Waals surface area contributed by atoms with Gasteiger partial charge in [0.05, 0.1) is 6.61 Å². The predicted molar refractivity (Wildman–Crippen MR) is 108 cm³/mol. The Morgan fingerprint density at radius 2 is 2.08 bits per heavy atom. The highest BCUT2D eigenvalue weighted by molar-refractivity contribution is 7.81. The Labute approximate surface area is 165 Å². The van der Waals surface area contributed by atoms with Crippen molar-refractivity contribution in [2.24, 2.45) is 0 Å². The fourth-order valence-electron chi connectivity index (χ4n) is 2.38. The number of aliphatic hydroxyl groups is 1. The molecule has 3 aromatic rings. The molecule has 2 aromatic heterocycles. The zero-order valence-corrected chi connectivity index (χ0v) is 15.9. The first-order chi connectivity index (χ1) is 12.6. The zero-order valence-electron chi connectivity index (χ0n) is 13.6. The zero-order chi connectivity index (χ0) is 18.5. The quantitative estimate of drug-likeness (QED) is 0.297. The highest BCUT2D eigenvalue weighted by Gasteiger charge is 2.20. The summed E-state index contributed by atoms with van der Waals surface area (Å²) in [5, 5.41) is 27.9. The third-order valence-corrected chi connectivity index (χ3v) is 4.96. The van der Waals surface area contributed by atoms with Crippen molar-refractivity contribution >= 4 is 57.3 Å². The summed E-state index contributed by atoms with van der Waals surface area (Å²) in [7, 11) is 0. The minimum absolute atomic E-state index is 0.129. The highest BCUT2D eigenvalue weighted by Crippen LogP contribution is 2.22. The number of nitrogens with one attached hydrogen (secondary N) is 1. The lowest BCUT2D eigenvalue weighted by molar-refractivity contribution is -0.578. The van der Waals surface area contributed by atoms with Crippen molar-refractivity contribution in [1.29, 1.82) is 0 Å². The molecule has 0 saturated heterocycles. The van der Waals surface area contributed by atoms with Crippen LogP contribution in [0.1, 0.15) is 10.4 Å². The number of hydrogen-bond donors (Lipinski definition) is 2. The van der Waals surface area contributed by atoms with E-state index in [-0.39, 0.29) is 17.4 Å². The Morgan fingerprint density at radius 1 is 1.23 bits per heavy atom. The van der Waals surface area contributed by atoms with Crippen LogP contribution in [0, 0.1) is 0 Å². The molecular formula is C19H15ClN2O2S2. The summed E-state index contributed by atoms with van der Waals surface area (Å²) in [4.78, 5) is 0.850. The van der Waals surface area contributed by atoms with E-state index in [4.69, 9.17) is 23.8 Å². The fourth-order valence-corrected chi connectivity index (χ4v) is 3.55. The van der Waals surface area contributed by atoms with Gasteiger partial charge in [0.25, 0.3) is 0 Å². The predicted octanol–water partition coefficient (Wildman–Crippen LogP) is 3.31. The lowest BCUT2D eigenvalue weighted by Gasteiger charge is -2.16. The number of aromatic nitrogens is 1. The number of halogens is 1. The van der Waals surface area contributed by atoms with Crippen LogP contribution in [0.2, 0.25) is 5.02 Å². The maximum atomic E-state index is 13.0. The van der Waals surface area contributed by atoms with Crippen molar-refractivity contribution in [3.63, 3.8) is 0 Å². The van der Waals surface area contributed by atoms with Gasteiger partial charge in [-0.15, -0.1) is 11.3 Å². The van der Waals surface area contributed by atoms with E-state index in [0.717, 1.165) is 0 Å². The summed E-state index contributed by atoms with van der Waals surface area (Å²) in [5.41, 5.74) is 1.67. The number of pyridine rings is 1. The largest absolute Gasteiger partial charge is 0.867 e. The Kier molecular flexibility index (Phi) is 6.00. The van der Waals surface area contributed by atoms with Gasteiger partial charge >= 0.3 is 0 Å². The van der Waals surface area contributed by atoms with Crippen molar-refractivity contribution in [1.82, 2.24) is 0 Å². The molecule has 0 fully saturated rings. The molecule has 2 N–H and O–H groups in total. The SMILES string of the molecule is [O-]C(=C(C(=S)Nc1cccc(Cl)c1)[n+]1cccc(CO)c1)c1cccs1. The van der Waals surface area contributed by atoms with Crippen LogP contribution in [0.5, 0.6) is 0 Å². The van der Waals surface area contributed by atoms with Gasteiger partial charge in [0.15, 0.2) is 17.4 Å². The molecule has 0 amide bonds. The molecule has 0 radical (unpaired) electrons. The molecule has 3 rings (SSSR count). The van der Waals surface area contributed by atoms with Gasteiger partial charge in [-0.3, -0.25) is 0 Å². The van der Waals surface area contributed by atoms with Crippen molar-refractivity contribution in [2.45, 2.75) is 6.61 Å². The smallest absolute Gasteiger partial charge is 0.239 e. The summed E-state index contributed by atoms with van der Waals surface area (Å²) >= 11 is 12.9. The molecule has 0 unspecified atom stereocenters. The number of aliphatic hydroxyl groups excluding tert-OH is 1. The summed E-state index contributed by atoms with van der Waals surface area (Å²) < 4.78 is 1.63. The Balaban J connectivity index is 2.05. The minimum Gasteiger partial charge on any atom is -0.867 e. The second-order valence-electron chi connectivity index (χ2n) is 5.40. The average Bonchev–Trinajstić information content (AvgIpc) is 3.17. The Bertz CT molecular complexity index is 956. The van der Waals surface area contributed by atoms with E-state index >= 15 is 0 Å². The van der Waals surface area contributed by atoms with E-state index in [0.29, 0.717) is 26.8 Å². The molecule has 132 valence electrons. The number of rotatable bonds is 5. The standard InChI is InChI=1S/C19H15ClN2O2S2/c20-14-5-1-6-15(10-14)21-19(25)17(18(24)16-7-3-9-26-16)22-8-2-4-13(11-22)12-23/h1-11,23H,12H2,(H-,21,24,25). The summed E-state index contributed by atoms with van der Waals surface area (Å²) in [6.07, 6.45) is 3.42. The van der Waals surface area contributed by atoms with Gasteiger partial charge in [0.2, 0.25) is 5.70 Å². The van der Waals surface area contributed by atoms with Gasteiger partial charge in [-0.25, -0.2) is 0 Å². The van der Waals surface area contributed by atoms with Crippen LogP contribution in [0.3, 0.4) is 0 Å². The second-order valence-corrected chi connectivity index (χ2v) is 7.19. The van der Waals surface area contributed by atoms with Crippen LogP contribution in [-0.4, -0.2) is 10.1 Å². The van der Waals surface area contributed by atoms with Crippen LogP contribution in [-0.2, 0) is 6.61 Å². The fraction of sp³-hybridized carbons (Fsp3) is 0.0526. The van der Waals surface area contributed by atoms with Gasteiger partial charge in [0, 0.05) is 27.2 Å². The Hall–Kier alpha value is -2.25. The van der Waals surface area contributed by atoms with Crippen molar-refractivity contribution in [3.8, 4) is 0 Å². The van der Waals surface area contributed by atoms with E-state index in [1.54, 1.807) is 53.4 Å². The van der Waals surface area contributed by atoms with Crippen molar-refractivity contribution in [2.75, 3.05) is 5.32 Å². The number of nitrogens with zero attached hydrogens (tertiary/aromatic N) is 1. The molecule has 7 heteroatoms. The van der Waals surface area contributed by atoms with E-state index in [9.17, 15) is 10.2 Å². The number of thiocarbonyl (C=S) groups is 1. The lowest BCUT2D eigenvalue weighted by Crippen LogP contribution is -2.40. The number of thiophene rings is 1. The van der Waals surface area contributed by atoms with Crippen molar-refractivity contribution < 1.29 is 14.8 Å². The molecule has 2 heterocycles. The molecule has 0 aliphatic rings. The van der Waals surface area contributed by atoms with E-state index in [1.165, 1.54) is 11.3 Å². The molecule has 0 spiro atoms. The monoisotopic (exact) mass is 402 g/mol. The molecule has 4 nitrogen and oxygen atoms in total.